The van der Waals surface area contributed by atoms with Gasteiger partial charge in [0.25, 0.3) is 0 Å². The van der Waals surface area contributed by atoms with Crippen molar-refractivity contribution in [2.75, 3.05) is 0 Å². The summed E-state index contributed by atoms with van der Waals surface area (Å²) >= 11 is 0. The van der Waals surface area contributed by atoms with Crippen molar-refractivity contribution in [2.45, 2.75) is 20.3 Å². The molecule has 0 aliphatic heterocycles. The van der Waals surface area contributed by atoms with Gasteiger partial charge in [-0.1, -0.05) is 56.0 Å². The first-order valence-electron chi connectivity index (χ1n) is 5.20. The highest BCUT2D eigenvalue weighted by Crippen LogP contribution is 1.99. The van der Waals surface area contributed by atoms with E-state index >= 15 is 0 Å². The number of aliphatic carboxylic acids is 1. The molecular weight excluding hydrogens is 200 g/mol. The Labute approximate surface area is 96.9 Å². The van der Waals surface area contributed by atoms with Crippen LogP contribution in [0.3, 0.4) is 0 Å². The van der Waals surface area contributed by atoms with Crippen LogP contribution >= 0.6 is 0 Å². The SMILES string of the molecule is C=C(CC)C(=O)O.CC=Cc1ccccc1. The Morgan fingerprint density at radius 2 is 1.94 bits per heavy atom. The molecule has 0 heterocycles. The van der Waals surface area contributed by atoms with Gasteiger partial charge in [-0.15, -0.1) is 0 Å². The van der Waals surface area contributed by atoms with Gasteiger partial charge >= 0.3 is 5.97 Å². The Bertz CT molecular complexity index is 350. The van der Waals surface area contributed by atoms with Crippen LogP contribution in [0.25, 0.3) is 6.08 Å². The molecule has 0 radical (unpaired) electrons. The quantitative estimate of drug-likeness (QED) is 0.784. The van der Waals surface area contributed by atoms with Crippen LogP contribution in [0.15, 0.2) is 48.6 Å². The summed E-state index contributed by atoms with van der Waals surface area (Å²) in [5.74, 6) is -0.900. The van der Waals surface area contributed by atoms with Crippen molar-refractivity contribution in [3.63, 3.8) is 0 Å². The van der Waals surface area contributed by atoms with Gasteiger partial charge in [-0.05, 0) is 18.9 Å². The highest BCUT2D eigenvalue weighted by Gasteiger charge is 1.96. The summed E-state index contributed by atoms with van der Waals surface area (Å²) in [4.78, 5) is 9.83. The van der Waals surface area contributed by atoms with Crippen molar-refractivity contribution in [1.29, 1.82) is 0 Å². The first kappa shape index (κ1) is 14.2. The van der Waals surface area contributed by atoms with E-state index in [1.54, 1.807) is 6.92 Å². The highest BCUT2D eigenvalue weighted by molar-refractivity contribution is 5.85. The zero-order chi connectivity index (χ0) is 12.4. The molecule has 2 nitrogen and oxygen atoms in total. The second-order valence-electron chi connectivity index (χ2n) is 3.17. The maximum Gasteiger partial charge on any atom is 0.330 e. The first-order valence-corrected chi connectivity index (χ1v) is 5.20. The molecule has 16 heavy (non-hydrogen) atoms. The van der Waals surface area contributed by atoms with Gasteiger partial charge in [0, 0.05) is 5.57 Å². The van der Waals surface area contributed by atoms with E-state index in [4.69, 9.17) is 5.11 Å². The lowest BCUT2D eigenvalue weighted by atomic mass is 10.2. The Hall–Kier alpha value is -1.83. The van der Waals surface area contributed by atoms with Gasteiger partial charge in [-0.3, -0.25) is 0 Å². The van der Waals surface area contributed by atoms with E-state index in [-0.39, 0.29) is 5.57 Å². The third-order valence-corrected chi connectivity index (χ3v) is 1.89. The van der Waals surface area contributed by atoms with Gasteiger partial charge in [0.15, 0.2) is 0 Å². The van der Waals surface area contributed by atoms with Crippen LogP contribution in [0.2, 0.25) is 0 Å². The number of hydrogen-bond donors (Lipinski definition) is 1. The lowest BCUT2D eigenvalue weighted by Gasteiger charge is -1.87. The molecule has 0 amide bonds. The van der Waals surface area contributed by atoms with Crippen LogP contribution in [0.5, 0.6) is 0 Å². The van der Waals surface area contributed by atoms with E-state index in [0.29, 0.717) is 6.42 Å². The molecule has 2 heteroatoms. The van der Waals surface area contributed by atoms with Gasteiger partial charge in [0.05, 0.1) is 0 Å². The number of carboxylic acids is 1. The lowest BCUT2D eigenvalue weighted by molar-refractivity contribution is -0.132. The molecule has 0 fully saturated rings. The average molecular weight is 218 g/mol. The minimum Gasteiger partial charge on any atom is -0.478 e. The highest BCUT2D eigenvalue weighted by atomic mass is 16.4. The maximum atomic E-state index is 9.83. The minimum atomic E-state index is -0.900. The maximum absolute atomic E-state index is 9.83. The van der Waals surface area contributed by atoms with Gasteiger partial charge in [0.1, 0.15) is 0 Å². The number of carboxylic acid groups (broad SMARTS) is 1. The number of carbonyl (C=O) groups is 1. The summed E-state index contributed by atoms with van der Waals surface area (Å²) in [5.41, 5.74) is 1.53. The minimum absolute atomic E-state index is 0.264. The Morgan fingerprint density at radius 3 is 2.25 bits per heavy atom. The van der Waals surface area contributed by atoms with Gasteiger partial charge in [-0.25, -0.2) is 4.79 Å². The summed E-state index contributed by atoms with van der Waals surface area (Å²) in [5, 5.41) is 8.08. The second kappa shape index (κ2) is 8.48. The zero-order valence-corrected chi connectivity index (χ0v) is 9.81. The summed E-state index contributed by atoms with van der Waals surface area (Å²) in [6.07, 6.45) is 4.64. The Kier molecular flexibility index (Phi) is 7.51. The fraction of sp³-hybridized carbons (Fsp3) is 0.214. The fourth-order valence-electron chi connectivity index (χ4n) is 0.908. The van der Waals surface area contributed by atoms with E-state index in [9.17, 15) is 4.79 Å². The van der Waals surface area contributed by atoms with Crippen LogP contribution in [0.4, 0.5) is 0 Å². The molecule has 1 rings (SSSR count). The average Bonchev–Trinajstić information content (AvgIpc) is 2.30. The molecule has 0 saturated carbocycles. The molecule has 1 N–H and O–H groups in total. The van der Waals surface area contributed by atoms with Crippen molar-refractivity contribution >= 4 is 12.0 Å². The van der Waals surface area contributed by atoms with Crippen LogP contribution < -0.4 is 0 Å². The molecule has 0 unspecified atom stereocenters. The fourth-order valence-corrected chi connectivity index (χ4v) is 0.908. The molecule has 0 bridgehead atoms. The summed E-state index contributed by atoms with van der Waals surface area (Å²) in [6.45, 7) is 7.05. The second-order valence-corrected chi connectivity index (χ2v) is 3.17. The summed E-state index contributed by atoms with van der Waals surface area (Å²) in [6, 6.07) is 10.3. The van der Waals surface area contributed by atoms with Crippen molar-refractivity contribution in [2.24, 2.45) is 0 Å². The monoisotopic (exact) mass is 218 g/mol. The predicted octanol–water partition coefficient (Wildman–Crippen LogP) is 3.76. The standard InChI is InChI=1S/C9H10.C5H8O2/c1-2-6-9-7-4-3-5-8-9;1-3-4(2)5(6)7/h2-8H,1H3;2-3H2,1H3,(H,6,7). The molecule has 0 aliphatic rings. The third kappa shape index (κ3) is 6.60. The molecular formula is C14H18O2. The van der Waals surface area contributed by atoms with Gasteiger partial charge in [0.2, 0.25) is 0 Å². The molecule has 0 atom stereocenters. The smallest absolute Gasteiger partial charge is 0.330 e. The topological polar surface area (TPSA) is 37.3 Å². The van der Waals surface area contributed by atoms with Gasteiger partial charge < -0.3 is 5.11 Å². The molecule has 0 saturated heterocycles. The van der Waals surface area contributed by atoms with Crippen molar-refractivity contribution in [3.05, 3.63) is 54.1 Å². The van der Waals surface area contributed by atoms with E-state index in [1.807, 2.05) is 31.2 Å². The van der Waals surface area contributed by atoms with Crippen LogP contribution in [-0.4, -0.2) is 11.1 Å². The number of rotatable bonds is 3. The molecule has 86 valence electrons. The zero-order valence-electron chi connectivity index (χ0n) is 9.81. The van der Waals surface area contributed by atoms with Crippen molar-refractivity contribution < 1.29 is 9.90 Å². The number of benzene rings is 1. The van der Waals surface area contributed by atoms with Crippen molar-refractivity contribution in [3.8, 4) is 0 Å². The lowest BCUT2D eigenvalue weighted by Crippen LogP contribution is -1.95. The summed E-state index contributed by atoms with van der Waals surface area (Å²) < 4.78 is 0. The van der Waals surface area contributed by atoms with Gasteiger partial charge in [-0.2, -0.15) is 0 Å². The van der Waals surface area contributed by atoms with E-state index < -0.39 is 5.97 Å². The van der Waals surface area contributed by atoms with Crippen LogP contribution in [-0.2, 0) is 4.79 Å². The summed E-state index contributed by atoms with van der Waals surface area (Å²) in [7, 11) is 0. The van der Waals surface area contributed by atoms with Crippen LogP contribution in [0.1, 0.15) is 25.8 Å². The molecule has 1 aromatic carbocycles. The predicted molar refractivity (Wildman–Crippen MR) is 68.2 cm³/mol. The molecule has 0 spiro atoms. The Morgan fingerprint density at radius 1 is 1.38 bits per heavy atom. The third-order valence-electron chi connectivity index (χ3n) is 1.89. The van der Waals surface area contributed by atoms with E-state index in [0.717, 1.165) is 0 Å². The van der Waals surface area contributed by atoms with E-state index in [1.165, 1.54) is 5.56 Å². The van der Waals surface area contributed by atoms with E-state index in [2.05, 4.69) is 24.8 Å². The largest absolute Gasteiger partial charge is 0.478 e. The molecule has 1 aromatic rings. The normalized spacial score (nSPS) is 9.38. The molecule has 0 aliphatic carbocycles. The number of hydrogen-bond acceptors (Lipinski definition) is 1. The first-order chi connectivity index (χ1) is 7.61. The van der Waals surface area contributed by atoms with Crippen LogP contribution in [0, 0.1) is 0 Å². The molecule has 0 aromatic heterocycles. The Balaban J connectivity index is 0.000000293. The number of allylic oxidation sites excluding steroid dienone is 1. The van der Waals surface area contributed by atoms with Crippen molar-refractivity contribution in [1.82, 2.24) is 0 Å².